The molecule has 8 heteroatoms. The average Bonchev–Trinajstić information content (AvgIpc) is 3.05. The summed E-state index contributed by atoms with van der Waals surface area (Å²) in [6.45, 7) is 1.79. The van der Waals surface area contributed by atoms with Crippen molar-refractivity contribution in [2.24, 2.45) is 0 Å². The van der Waals surface area contributed by atoms with E-state index in [1.807, 2.05) is 48.5 Å². The Morgan fingerprint density at radius 3 is 2.74 bits per heavy atom. The van der Waals surface area contributed by atoms with Crippen LogP contribution in [0.4, 0.5) is 27.3 Å². The highest BCUT2D eigenvalue weighted by Gasteiger charge is 2.35. The van der Waals surface area contributed by atoms with Gasteiger partial charge >= 0.3 is 0 Å². The van der Waals surface area contributed by atoms with Crippen molar-refractivity contribution in [1.82, 2.24) is 4.98 Å². The van der Waals surface area contributed by atoms with Gasteiger partial charge in [-0.25, -0.2) is 9.37 Å². The molecule has 0 radical (unpaired) electrons. The van der Waals surface area contributed by atoms with Crippen molar-refractivity contribution in [3.05, 3.63) is 66.4 Å². The molecule has 3 aromatic rings. The largest absolute Gasteiger partial charge is 0.485 e. The Bertz CT molecular complexity index is 1230. The van der Waals surface area contributed by atoms with E-state index in [-0.39, 0.29) is 12.5 Å². The Morgan fingerprint density at radius 1 is 1.06 bits per heavy atom. The molecule has 1 amide bonds. The fourth-order valence-corrected chi connectivity index (χ4v) is 4.73. The van der Waals surface area contributed by atoms with E-state index < -0.39 is 12.3 Å². The van der Waals surface area contributed by atoms with Crippen molar-refractivity contribution < 1.29 is 18.7 Å². The third-order valence-corrected chi connectivity index (χ3v) is 6.58. The summed E-state index contributed by atoms with van der Waals surface area (Å²) < 4.78 is 25.6. The van der Waals surface area contributed by atoms with E-state index in [1.54, 1.807) is 17.2 Å². The van der Waals surface area contributed by atoms with Crippen LogP contribution in [0, 0.1) is 0 Å². The maximum Gasteiger partial charge on any atom is 0.272 e. The van der Waals surface area contributed by atoms with Gasteiger partial charge in [-0.05, 0) is 49.2 Å². The second-order valence-electron chi connectivity index (χ2n) is 8.79. The van der Waals surface area contributed by atoms with Gasteiger partial charge in [0.1, 0.15) is 18.6 Å². The number of hydrogen-bond donors (Lipinski definition) is 1. The van der Waals surface area contributed by atoms with Gasteiger partial charge < -0.3 is 24.6 Å². The number of carbonyl (C=O) groups excluding carboxylic acids is 1. The highest BCUT2D eigenvalue weighted by Crippen LogP contribution is 2.39. The normalized spacial score (nSPS) is 19.5. The van der Waals surface area contributed by atoms with Gasteiger partial charge in [0.25, 0.3) is 5.91 Å². The molecular formula is C26H25FN4O3. The van der Waals surface area contributed by atoms with Crippen LogP contribution in [0.1, 0.15) is 18.4 Å². The monoisotopic (exact) mass is 460 g/mol. The molecule has 0 unspecified atom stereocenters. The molecule has 3 aliphatic heterocycles. The minimum Gasteiger partial charge on any atom is -0.485 e. The maximum atomic E-state index is 13.8. The van der Waals surface area contributed by atoms with Gasteiger partial charge in [0.15, 0.2) is 11.5 Å². The predicted molar refractivity (Wildman–Crippen MR) is 128 cm³/mol. The van der Waals surface area contributed by atoms with Crippen molar-refractivity contribution in [3.8, 4) is 11.5 Å². The van der Waals surface area contributed by atoms with Gasteiger partial charge in [0.2, 0.25) is 6.10 Å². The summed E-state index contributed by atoms with van der Waals surface area (Å²) in [5.74, 6) is 1.73. The van der Waals surface area contributed by atoms with Crippen LogP contribution in [0.25, 0.3) is 0 Å². The molecule has 1 atom stereocenters. The number of nitrogens with zero attached hydrogens (tertiary/aromatic N) is 3. The molecule has 0 saturated carbocycles. The number of benzene rings is 2. The molecule has 3 aliphatic rings. The molecule has 1 aromatic heterocycles. The summed E-state index contributed by atoms with van der Waals surface area (Å²) in [7, 11) is 0. The van der Waals surface area contributed by atoms with Gasteiger partial charge in [-0.15, -0.1) is 0 Å². The number of fused-ring (bicyclic) bond motifs is 3. The topological polar surface area (TPSA) is 66.9 Å². The number of para-hydroxylation sites is 2. The number of halogens is 1. The lowest BCUT2D eigenvalue weighted by Gasteiger charge is -2.33. The first-order chi connectivity index (χ1) is 16.7. The van der Waals surface area contributed by atoms with Crippen LogP contribution in [-0.4, -0.2) is 42.9 Å². The lowest BCUT2D eigenvalue weighted by Crippen LogP contribution is -2.46. The van der Waals surface area contributed by atoms with Gasteiger partial charge in [-0.3, -0.25) is 4.79 Å². The Balaban J connectivity index is 1.36. The van der Waals surface area contributed by atoms with E-state index in [2.05, 4.69) is 15.2 Å². The smallest absolute Gasteiger partial charge is 0.272 e. The van der Waals surface area contributed by atoms with Crippen LogP contribution >= 0.6 is 0 Å². The van der Waals surface area contributed by atoms with E-state index in [0.29, 0.717) is 44.0 Å². The lowest BCUT2D eigenvalue weighted by molar-refractivity contribution is -0.127. The molecular weight excluding hydrogens is 435 g/mol. The van der Waals surface area contributed by atoms with E-state index in [4.69, 9.17) is 9.47 Å². The van der Waals surface area contributed by atoms with Crippen molar-refractivity contribution >= 4 is 28.8 Å². The number of pyridine rings is 1. The molecule has 7 nitrogen and oxygen atoms in total. The summed E-state index contributed by atoms with van der Waals surface area (Å²) >= 11 is 0. The summed E-state index contributed by atoms with van der Waals surface area (Å²) in [4.78, 5) is 22.2. The number of rotatable bonds is 2. The average molecular weight is 461 g/mol. The van der Waals surface area contributed by atoms with Crippen molar-refractivity contribution in [1.29, 1.82) is 0 Å². The van der Waals surface area contributed by atoms with Crippen molar-refractivity contribution in [2.75, 3.05) is 34.8 Å². The van der Waals surface area contributed by atoms with E-state index in [9.17, 15) is 9.18 Å². The quantitative estimate of drug-likeness (QED) is 0.610. The standard InChI is InChI=1S/C26H25FN4O3/c27-18-9-12-30(13-10-18)19-7-8-20-21(14-19)31(15-17-4-3-11-28-25(17)29-20)26(32)24-16-33-22-5-1-2-6-23(22)34-24/h1-8,11,14,18,24H,9-10,12-13,15-16H2,(H,28,29)/t24-/m1/s1. The number of hydrogen-bond acceptors (Lipinski definition) is 6. The van der Waals surface area contributed by atoms with Crippen molar-refractivity contribution in [2.45, 2.75) is 31.7 Å². The highest BCUT2D eigenvalue weighted by molar-refractivity contribution is 6.01. The Kier molecular flexibility index (Phi) is 5.20. The third-order valence-electron chi connectivity index (χ3n) is 6.58. The van der Waals surface area contributed by atoms with Crippen LogP contribution in [0.15, 0.2) is 60.8 Å². The minimum atomic E-state index is -0.771. The zero-order valence-electron chi connectivity index (χ0n) is 18.6. The third kappa shape index (κ3) is 3.79. The van der Waals surface area contributed by atoms with Crippen LogP contribution in [0.2, 0.25) is 0 Å². The number of anilines is 4. The first-order valence-electron chi connectivity index (χ1n) is 11.6. The molecule has 1 saturated heterocycles. The van der Waals surface area contributed by atoms with Crippen LogP contribution in [0.5, 0.6) is 11.5 Å². The number of alkyl halides is 1. The highest BCUT2D eigenvalue weighted by atomic mass is 19.1. The molecule has 1 N–H and O–H groups in total. The first kappa shape index (κ1) is 20.8. The second-order valence-corrected chi connectivity index (χ2v) is 8.79. The fourth-order valence-electron chi connectivity index (χ4n) is 4.73. The van der Waals surface area contributed by atoms with E-state index >= 15 is 0 Å². The molecule has 0 spiro atoms. The van der Waals surface area contributed by atoms with Crippen LogP contribution in [-0.2, 0) is 11.3 Å². The van der Waals surface area contributed by atoms with Crippen LogP contribution in [0.3, 0.4) is 0 Å². The number of piperidine rings is 1. The fraction of sp³-hybridized carbons (Fsp3) is 0.308. The Hall–Kier alpha value is -3.81. The molecule has 2 aromatic carbocycles. The summed E-state index contributed by atoms with van der Waals surface area (Å²) in [5, 5.41) is 3.39. The number of aromatic nitrogens is 1. The van der Waals surface area contributed by atoms with Crippen molar-refractivity contribution in [3.63, 3.8) is 0 Å². The van der Waals surface area contributed by atoms with Gasteiger partial charge in [-0.2, -0.15) is 0 Å². The molecule has 0 bridgehead atoms. The predicted octanol–water partition coefficient (Wildman–Crippen LogP) is 4.45. The summed E-state index contributed by atoms with van der Waals surface area (Å²) in [5.41, 5.74) is 3.40. The van der Waals surface area contributed by atoms with Gasteiger partial charge in [0, 0.05) is 30.5 Å². The zero-order valence-corrected chi connectivity index (χ0v) is 18.6. The minimum absolute atomic E-state index is 0.138. The van der Waals surface area contributed by atoms with Crippen LogP contribution < -0.4 is 24.6 Å². The number of carbonyl (C=O) groups is 1. The number of ether oxygens (including phenoxy) is 2. The SMILES string of the molecule is O=C([C@H]1COc2ccccc2O1)N1Cc2cccnc2Nc2ccc(N3CCC(F)CC3)cc21. The molecule has 1 fully saturated rings. The molecule has 6 rings (SSSR count). The Morgan fingerprint density at radius 2 is 1.88 bits per heavy atom. The molecule has 34 heavy (non-hydrogen) atoms. The lowest BCUT2D eigenvalue weighted by atomic mass is 10.1. The summed E-state index contributed by atoms with van der Waals surface area (Å²) in [6.07, 6.45) is 1.24. The Labute approximate surface area is 197 Å². The second kappa shape index (κ2) is 8.52. The first-order valence-corrected chi connectivity index (χ1v) is 11.6. The molecule has 4 heterocycles. The van der Waals surface area contributed by atoms with E-state index in [0.717, 1.165) is 28.4 Å². The zero-order chi connectivity index (χ0) is 23.1. The number of amides is 1. The molecule has 0 aliphatic carbocycles. The number of nitrogens with one attached hydrogen (secondary N) is 1. The maximum absolute atomic E-state index is 13.8. The van der Waals surface area contributed by atoms with Gasteiger partial charge in [-0.1, -0.05) is 18.2 Å². The van der Waals surface area contributed by atoms with E-state index in [1.165, 1.54) is 0 Å². The molecule has 174 valence electrons. The van der Waals surface area contributed by atoms with Gasteiger partial charge in [0.05, 0.1) is 17.9 Å². The summed E-state index contributed by atoms with van der Waals surface area (Å²) in [6, 6.07) is 17.2.